The molecule has 1 atom stereocenters. The zero-order chi connectivity index (χ0) is 16.2. The summed E-state index contributed by atoms with van der Waals surface area (Å²) in [7, 11) is 0. The highest BCUT2D eigenvalue weighted by molar-refractivity contribution is 7.09. The number of hydrogen-bond acceptors (Lipinski definition) is 5. The van der Waals surface area contributed by atoms with Crippen molar-refractivity contribution in [2.75, 3.05) is 19.8 Å². The fourth-order valence-electron chi connectivity index (χ4n) is 3.27. The van der Waals surface area contributed by atoms with Crippen LogP contribution in [0.25, 0.3) is 0 Å². The molecular formula is C16H23N3O3S. The minimum absolute atomic E-state index is 0.0124. The van der Waals surface area contributed by atoms with E-state index in [1.54, 1.807) is 16.2 Å². The Morgan fingerprint density at radius 3 is 2.87 bits per heavy atom. The van der Waals surface area contributed by atoms with Crippen LogP contribution in [-0.2, 0) is 20.9 Å². The van der Waals surface area contributed by atoms with Gasteiger partial charge in [-0.05, 0) is 32.6 Å². The van der Waals surface area contributed by atoms with Crippen molar-refractivity contribution in [1.29, 1.82) is 0 Å². The van der Waals surface area contributed by atoms with Crippen molar-refractivity contribution in [3.05, 3.63) is 16.1 Å². The molecule has 0 bridgehead atoms. The Morgan fingerprint density at radius 2 is 2.17 bits per heavy atom. The summed E-state index contributed by atoms with van der Waals surface area (Å²) in [6.07, 6.45) is 3.17. The van der Waals surface area contributed by atoms with Gasteiger partial charge in [0.05, 0.1) is 17.2 Å². The Labute approximate surface area is 140 Å². The minimum atomic E-state index is -0.329. The van der Waals surface area contributed by atoms with Gasteiger partial charge in [0, 0.05) is 31.1 Å². The maximum atomic E-state index is 12.7. The third-order valence-corrected chi connectivity index (χ3v) is 5.34. The molecule has 2 amide bonds. The van der Waals surface area contributed by atoms with E-state index < -0.39 is 0 Å². The summed E-state index contributed by atoms with van der Waals surface area (Å²) >= 11 is 1.57. The molecular weight excluding hydrogens is 314 g/mol. The standard InChI is InChI=1S/C16H23N3O3S/c1-11-18-13(10-23-11)9-17-15(20)14-3-2-6-19(14)16(21)12-4-7-22-8-5-12/h10,12,14H,2-9H2,1H3,(H,17,20). The van der Waals surface area contributed by atoms with Gasteiger partial charge in [0.2, 0.25) is 11.8 Å². The Kier molecular flexibility index (Phi) is 5.27. The van der Waals surface area contributed by atoms with Crippen molar-refractivity contribution in [3.8, 4) is 0 Å². The van der Waals surface area contributed by atoms with Crippen LogP contribution in [0.1, 0.15) is 36.4 Å². The first-order valence-corrected chi connectivity index (χ1v) is 9.10. The van der Waals surface area contributed by atoms with Crippen molar-refractivity contribution in [2.24, 2.45) is 5.92 Å². The number of carbonyl (C=O) groups is 2. The second kappa shape index (κ2) is 7.40. The Bertz CT molecular complexity index is 569. The molecule has 0 radical (unpaired) electrons. The zero-order valence-corrected chi connectivity index (χ0v) is 14.2. The van der Waals surface area contributed by atoms with E-state index >= 15 is 0 Å². The van der Waals surface area contributed by atoms with E-state index in [4.69, 9.17) is 4.74 Å². The van der Waals surface area contributed by atoms with Gasteiger partial charge in [0.15, 0.2) is 0 Å². The number of ether oxygens (including phenoxy) is 1. The van der Waals surface area contributed by atoms with Crippen LogP contribution < -0.4 is 5.32 Å². The molecule has 6 nitrogen and oxygen atoms in total. The first kappa shape index (κ1) is 16.4. The summed E-state index contributed by atoms with van der Waals surface area (Å²) in [6.45, 7) is 4.35. The van der Waals surface area contributed by atoms with Gasteiger partial charge in [-0.1, -0.05) is 0 Å². The van der Waals surface area contributed by atoms with Gasteiger partial charge >= 0.3 is 0 Å². The number of nitrogens with one attached hydrogen (secondary N) is 1. The molecule has 0 spiro atoms. The quantitative estimate of drug-likeness (QED) is 0.903. The van der Waals surface area contributed by atoms with E-state index in [2.05, 4.69) is 10.3 Å². The van der Waals surface area contributed by atoms with Crippen molar-refractivity contribution >= 4 is 23.2 Å². The number of aryl methyl sites for hydroxylation is 1. The molecule has 3 rings (SSSR count). The first-order chi connectivity index (χ1) is 11.1. The third kappa shape index (κ3) is 3.90. The van der Waals surface area contributed by atoms with Crippen LogP contribution in [-0.4, -0.2) is 47.5 Å². The topological polar surface area (TPSA) is 71.5 Å². The average Bonchev–Trinajstić information content (AvgIpc) is 3.21. The van der Waals surface area contributed by atoms with Gasteiger partial charge in [0.1, 0.15) is 6.04 Å². The maximum absolute atomic E-state index is 12.7. The molecule has 1 aromatic rings. The molecule has 1 N–H and O–H groups in total. The molecule has 7 heteroatoms. The molecule has 2 aliphatic rings. The molecule has 23 heavy (non-hydrogen) atoms. The Balaban J connectivity index is 1.56. The van der Waals surface area contributed by atoms with E-state index in [-0.39, 0.29) is 23.8 Å². The van der Waals surface area contributed by atoms with Crippen LogP contribution in [0.3, 0.4) is 0 Å². The molecule has 2 saturated heterocycles. The van der Waals surface area contributed by atoms with Crippen molar-refractivity contribution in [1.82, 2.24) is 15.2 Å². The van der Waals surface area contributed by atoms with E-state index in [9.17, 15) is 9.59 Å². The van der Waals surface area contributed by atoms with Crippen molar-refractivity contribution in [2.45, 2.75) is 45.2 Å². The number of likely N-dealkylation sites (tertiary alicyclic amines) is 1. The Morgan fingerprint density at radius 1 is 1.39 bits per heavy atom. The predicted octanol–water partition coefficient (Wildman–Crippen LogP) is 1.49. The molecule has 2 fully saturated rings. The van der Waals surface area contributed by atoms with Gasteiger partial charge in [0.25, 0.3) is 0 Å². The second-order valence-corrected chi connectivity index (χ2v) is 7.21. The number of aromatic nitrogens is 1. The lowest BCUT2D eigenvalue weighted by molar-refractivity contribution is -0.143. The van der Waals surface area contributed by atoms with Gasteiger partial charge in [-0.25, -0.2) is 4.98 Å². The molecule has 1 unspecified atom stereocenters. The van der Waals surface area contributed by atoms with E-state index in [1.807, 2.05) is 12.3 Å². The predicted molar refractivity (Wildman–Crippen MR) is 87.0 cm³/mol. The SMILES string of the molecule is Cc1nc(CNC(=O)C2CCCN2C(=O)C2CCOCC2)cs1. The molecule has 1 aromatic heterocycles. The smallest absolute Gasteiger partial charge is 0.243 e. The minimum Gasteiger partial charge on any atom is -0.381 e. The first-order valence-electron chi connectivity index (χ1n) is 8.22. The summed E-state index contributed by atoms with van der Waals surface area (Å²) in [5, 5.41) is 5.87. The monoisotopic (exact) mass is 337 g/mol. The molecule has 0 aromatic carbocycles. The Hall–Kier alpha value is -1.47. The molecule has 126 valence electrons. The highest BCUT2D eigenvalue weighted by atomic mass is 32.1. The molecule has 2 aliphatic heterocycles. The number of amides is 2. The van der Waals surface area contributed by atoms with Crippen LogP contribution in [0, 0.1) is 12.8 Å². The summed E-state index contributed by atoms with van der Waals surface area (Å²) < 4.78 is 5.32. The molecule has 0 saturated carbocycles. The lowest BCUT2D eigenvalue weighted by Gasteiger charge is -2.30. The summed E-state index contributed by atoms with van der Waals surface area (Å²) in [4.78, 5) is 31.3. The highest BCUT2D eigenvalue weighted by Gasteiger charge is 2.37. The van der Waals surface area contributed by atoms with Crippen LogP contribution >= 0.6 is 11.3 Å². The number of rotatable bonds is 4. The van der Waals surface area contributed by atoms with E-state index in [0.29, 0.717) is 26.3 Å². The van der Waals surface area contributed by atoms with Crippen molar-refractivity contribution < 1.29 is 14.3 Å². The zero-order valence-electron chi connectivity index (χ0n) is 13.4. The van der Waals surface area contributed by atoms with Gasteiger partial charge < -0.3 is 15.0 Å². The van der Waals surface area contributed by atoms with Crippen LogP contribution in [0.15, 0.2) is 5.38 Å². The number of carbonyl (C=O) groups excluding carboxylic acids is 2. The lowest BCUT2D eigenvalue weighted by Crippen LogP contribution is -2.48. The van der Waals surface area contributed by atoms with Crippen LogP contribution in [0.2, 0.25) is 0 Å². The highest BCUT2D eigenvalue weighted by Crippen LogP contribution is 2.24. The van der Waals surface area contributed by atoms with Gasteiger partial charge in [-0.3, -0.25) is 9.59 Å². The summed E-state index contributed by atoms with van der Waals surface area (Å²) in [6, 6.07) is -0.329. The lowest BCUT2D eigenvalue weighted by atomic mass is 9.98. The maximum Gasteiger partial charge on any atom is 0.243 e. The number of thiazole rings is 1. The van der Waals surface area contributed by atoms with E-state index in [0.717, 1.165) is 36.4 Å². The average molecular weight is 337 g/mol. The van der Waals surface area contributed by atoms with Crippen LogP contribution in [0.4, 0.5) is 0 Å². The second-order valence-electron chi connectivity index (χ2n) is 6.15. The largest absolute Gasteiger partial charge is 0.381 e. The fourth-order valence-corrected chi connectivity index (χ4v) is 3.88. The van der Waals surface area contributed by atoms with E-state index in [1.165, 1.54) is 0 Å². The van der Waals surface area contributed by atoms with Crippen LogP contribution in [0.5, 0.6) is 0 Å². The summed E-state index contributed by atoms with van der Waals surface area (Å²) in [5.74, 6) is 0.0716. The fraction of sp³-hybridized carbons (Fsp3) is 0.688. The summed E-state index contributed by atoms with van der Waals surface area (Å²) in [5.41, 5.74) is 0.876. The molecule has 0 aliphatic carbocycles. The van der Waals surface area contributed by atoms with Gasteiger partial charge in [-0.15, -0.1) is 11.3 Å². The van der Waals surface area contributed by atoms with Gasteiger partial charge in [-0.2, -0.15) is 0 Å². The van der Waals surface area contributed by atoms with Crippen molar-refractivity contribution in [3.63, 3.8) is 0 Å². The number of hydrogen-bond donors (Lipinski definition) is 1. The number of nitrogens with zero attached hydrogens (tertiary/aromatic N) is 2. The third-order valence-electron chi connectivity index (χ3n) is 4.52. The normalized spacial score (nSPS) is 22.3. The molecule has 3 heterocycles.